The van der Waals surface area contributed by atoms with Gasteiger partial charge in [-0.1, -0.05) is 34.8 Å². The average molecular weight is 496 g/mol. The fourth-order valence-corrected chi connectivity index (χ4v) is 4.61. The summed E-state index contributed by atoms with van der Waals surface area (Å²) >= 11 is 18.3. The Kier molecular flexibility index (Phi) is 7.12. The Morgan fingerprint density at radius 2 is 2.12 bits per heavy atom. The van der Waals surface area contributed by atoms with Crippen molar-refractivity contribution in [2.24, 2.45) is 5.73 Å². The minimum atomic E-state index is -0.173. The number of H-pyrrole nitrogens is 1. The van der Waals surface area contributed by atoms with E-state index in [2.05, 4.69) is 20.2 Å². The maximum absolute atomic E-state index is 11.9. The Balaban J connectivity index is 1.55. The topological polar surface area (TPSA) is 90.3 Å². The molecular formula is C22H25Cl3N6O. The molecule has 0 bridgehead atoms. The molecule has 0 saturated carbocycles. The number of carbonyl (C=O) groups excluding carboxylic acids is 1. The summed E-state index contributed by atoms with van der Waals surface area (Å²) in [7, 11) is 1.97. The standard InChI is InChI=1S/C22H25Cl3N6O/c1-30(19-5-3-16(24)22(25)29-19)8-9-31-7-6-14-15-10-13(23)2-4-17(15)28-21(14)18(31)12-27-20(32)11-26/h2-5,10,18,28H,6-9,11-12,26H2,1H3,(H,27,32). The van der Waals surface area contributed by atoms with Crippen LogP contribution in [0.5, 0.6) is 0 Å². The van der Waals surface area contributed by atoms with Gasteiger partial charge in [-0.2, -0.15) is 0 Å². The molecule has 170 valence electrons. The van der Waals surface area contributed by atoms with E-state index in [9.17, 15) is 4.79 Å². The summed E-state index contributed by atoms with van der Waals surface area (Å²) in [5.74, 6) is 0.582. The second-order valence-corrected chi connectivity index (χ2v) is 9.08. The first-order chi connectivity index (χ1) is 15.4. The molecule has 0 saturated heterocycles. The van der Waals surface area contributed by atoms with Gasteiger partial charge < -0.3 is 20.9 Å². The van der Waals surface area contributed by atoms with Crippen molar-refractivity contribution in [2.75, 3.05) is 44.7 Å². The van der Waals surface area contributed by atoms with Crippen LogP contribution in [0.4, 0.5) is 5.82 Å². The second kappa shape index (κ2) is 9.85. The van der Waals surface area contributed by atoms with Crippen LogP contribution in [0.1, 0.15) is 17.3 Å². The van der Waals surface area contributed by atoms with Gasteiger partial charge in [0.1, 0.15) is 11.0 Å². The smallest absolute Gasteiger partial charge is 0.233 e. The molecule has 32 heavy (non-hydrogen) atoms. The van der Waals surface area contributed by atoms with Crippen LogP contribution in [0.25, 0.3) is 10.9 Å². The molecular weight excluding hydrogens is 471 g/mol. The molecule has 1 aromatic carbocycles. The second-order valence-electron chi connectivity index (χ2n) is 7.88. The highest BCUT2D eigenvalue weighted by atomic mass is 35.5. The van der Waals surface area contributed by atoms with Crippen molar-refractivity contribution in [3.63, 3.8) is 0 Å². The third-order valence-electron chi connectivity index (χ3n) is 5.90. The van der Waals surface area contributed by atoms with Gasteiger partial charge >= 0.3 is 0 Å². The summed E-state index contributed by atoms with van der Waals surface area (Å²) in [6.45, 7) is 2.80. The van der Waals surface area contributed by atoms with Gasteiger partial charge in [-0.05, 0) is 42.3 Å². The molecule has 0 fully saturated rings. The summed E-state index contributed by atoms with van der Waals surface area (Å²) in [6, 6.07) is 9.48. The molecule has 4 rings (SSSR count). The highest BCUT2D eigenvalue weighted by Gasteiger charge is 2.30. The van der Waals surface area contributed by atoms with Crippen molar-refractivity contribution in [2.45, 2.75) is 12.5 Å². The van der Waals surface area contributed by atoms with Crippen LogP contribution in [-0.2, 0) is 11.2 Å². The van der Waals surface area contributed by atoms with Crippen molar-refractivity contribution in [3.8, 4) is 0 Å². The average Bonchev–Trinajstić information content (AvgIpc) is 3.15. The van der Waals surface area contributed by atoms with Gasteiger partial charge in [0.2, 0.25) is 5.91 Å². The molecule has 7 nitrogen and oxygen atoms in total. The van der Waals surface area contributed by atoms with Crippen molar-refractivity contribution in [3.05, 3.63) is 56.8 Å². The molecule has 0 aliphatic carbocycles. The lowest BCUT2D eigenvalue weighted by atomic mass is 9.97. The van der Waals surface area contributed by atoms with Crippen molar-refractivity contribution < 1.29 is 4.79 Å². The minimum Gasteiger partial charge on any atom is -0.358 e. The molecule has 1 amide bonds. The first kappa shape index (κ1) is 23.1. The Morgan fingerprint density at radius 1 is 1.31 bits per heavy atom. The number of fused-ring (bicyclic) bond motifs is 3. The van der Waals surface area contributed by atoms with Crippen LogP contribution >= 0.6 is 34.8 Å². The SMILES string of the molecule is CN(CCN1CCc2c([nH]c3ccc(Cl)cc23)C1CNC(=O)CN)c1ccc(Cl)c(Cl)n1. The zero-order chi connectivity index (χ0) is 22.8. The highest BCUT2D eigenvalue weighted by molar-refractivity contribution is 6.41. The third kappa shape index (κ3) is 4.82. The maximum atomic E-state index is 11.9. The van der Waals surface area contributed by atoms with E-state index in [-0.39, 0.29) is 23.6 Å². The van der Waals surface area contributed by atoms with E-state index < -0.39 is 0 Å². The summed E-state index contributed by atoms with van der Waals surface area (Å²) in [4.78, 5) is 24.2. The van der Waals surface area contributed by atoms with Crippen LogP contribution in [0.2, 0.25) is 15.2 Å². The molecule has 3 heterocycles. The van der Waals surface area contributed by atoms with Crippen molar-refractivity contribution in [1.82, 2.24) is 20.2 Å². The van der Waals surface area contributed by atoms with Crippen LogP contribution in [0, 0.1) is 0 Å². The fraction of sp³-hybridized carbons (Fsp3) is 0.364. The highest BCUT2D eigenvalue weighted by Crippen LogP contribution is 2.35. The number of amides is 1. The first-order valence-corrected chi connectivity index (χ1v) is 11.5. The minimum absolute atomic E-state index is 0.00408. The number of pyridine rings is 1. The predicted octanol–water partition coefficient (Wildman–Crippen LogP) is 3.63. The number of nitrogens with zero attached hydrogens (tertiary/aromatic N) is 3. The van der Waals surface area contributed by atoms with E-state index in [1.165, 1.54) is 5.56 Å². The van der Waals surface area contributed by atoms with Crippen molar-refractivity contribution in [1.29, 1.82) is 0 Å². The number of anilines is 1. The number of halogens is 3. The van der Waals surface area contributed by atoms with Crippen LogP contribution < -0.4 is 16.0 Å². The molecule has 1 unspecified atom stereocenters. The van der Waals surface area contributed by atoms with E-state index in [0.717, 1.165) is 48.5 Å². The quantitative estimate of drug-likeness (QED) is 0.436. The Morgan fingerprint density at radius 3 is 2.88 bits per heavy atom. The maximum Gasteiger partial charge on any atom is 0.233 e. The molecule has 1 aliphatic heterocycles. The number of rotatable bonds is 7. The predicted molar refractivity (Wildman–Crippen MR) is 131 cm³/mol. The number of nitrogens with one attached hydrogen (secondary N) is 2. The molecule has 1 aliphatic rings. The van der Waals surface area contributed by atoms with Crippen LogP contribution in [0.15, 0.2) is 30.3 Å². The summed E-state index contributed by atoms with van der Waals surface area (Å²) in [5.41, 5.74) is 8.92. The van der Waals surface area contributed by atoms with Gasteiger partial charge in [0.15, 0.2) is 0 Å². The lowest BCUT2D eigenvalue weighted by Crippen LogP contribution is -2.45. The zero-order valence-corrected chi connectivity index (χ0v) is 19.9. The van der Waals surface area contributed by atoms with Gasteiger partial charge in [0, 0.05) is 54.8 Å². The van der Waals surface area contributed by atoms with E-state index in [4.69, 9.17) is 40.5 Å². The molecule has 0 radical (unpaired) electrons. The number of aromatic nitrogens is 2. The van der Waals surface area contributed by atoms with Gasteiger partial charge in [0.25, 0.3) is 0 Å². The number of aromatic amines is 1. The number of nitrogens with two attached hydrogens (primary N) is 1. The first-order valence-electron chi connectivity index (χ1n) is 10.4. The lowest BCUT2D eigenvalue weighted by molar-refractivity contribution is -0.120. The number of likely N-dealkylation sites (N-methyl/N-ethyl adjacent to an activating group) is 1. The normalized spacial score (nSPS) is 16.2. The summed E-state index contributed by atoms with van der Waals surface area (Å²) < 4.78 is 0. The van der Waals surface area contributed by atoms with E-state index in [1.807, 2.05) is 36.2 Å². The van der Waals surface area contributed by atoms with Gasteiger partial charge in [-0.15, -0.1) is 0 Å². The Bertz CT molecular complexity index is 1130. The largest absolute Gasteiger partial charge is 0.358 e. The number of carbonyl (C=O) groups is 1. The number of hydrogen-bond acceptors (Lipinski definition) is 5. The van der Waals surface area contributed by atoms with E-state index >= 15 is 0 Å². The molecule has 1 atom stereocenters. The van der Waals surface area contributed by atoms with E-state index in [0.29, 0.717) is 16.6 Å². The Labute approximate surface area is 201 Å². The lowest BCUT2D eigenvalue weighted by Gasteiger charge is -2.37. The van der Waals surface area contributed by atoms with Gasteiger partial charge in [-0.3, -0.25) is 9.69 Å². The molecule has 2 aromatic heterocycles. The van der Waals surface area contributed by atoms with Crippen molar-refractivity contribution >= 4 is 57.4 Å². The van der Waals surface area contributed by atoms with Gasteiger partial charge in [-0.25, -0.2) is 4.98 Å². The molecule has 3 aromatic rings. The number of hydrogen-bond donors (Lipinski definition) is 3. The third-order valence-corrected chi connectivity index (χ3v) is 6.83. The monoisotopic (exact) mass is 494 g/mol. The summed E-state index contributed by atoms with van der Waals surface area (Å²) in [6.07, 6.45) is 0.895. The molecule has 0 spiro atoms. The van der Waals surface area contributed by atoms with Crippen LogP contribution in [0.3, 0.4) is 0 Å². The zero-order valence-electron chi connectivity index (χ0n) is 17.7. The van der Waals surface area contributed by atoms with Gasteiger partial charge in [0.05, 0.1) is 17.6 Å². The van der Waals surface area contributed by atoms with E-state index in [1.54, 1.807) is 6.07 Å². The number of benzene rings is 1. The summed E-state index contributed by atoms with van der Waals surface area (Å²) in [5, 5.41) is 5.53. The molecule has 10 heteroatoms. The molecule has 4 N–H and O–H groups in total. The Hall–Kier alpha value is -2.03. The fourth-order valence-electron chi connectivity index (χ4n) is 4.18. The van der Waals surface area contributed by atoms with Crippen LogP contribution in [-0.4, -0.2) is 60.5 Å².